The zero-order chi connectivity index (χ0) is 17.8. The van der Waals surface area contributed by atoms with Crippen molar-refractivity contribution in [2.75, 3.05) is 20.6 Å². The second-order valence-corrected chi connectivity index (χ2v) is 7.61. The fourth-order valence-electron chi connectivity index (χ4n) is 3.28. The van der Waals surface area contributed by atoms with Gasteiger partial charge in [-0.1, -0.05) is 63.6 Å². The van der Waals surface area contributed by atoms with Gasteiger partial charge < -0.3 is 22.3 Å². The van der Waals surface area contributed by atoms with Crippen LogP contribution in [0, 0.1) is 0 Å². The van der Waals surface area contributed by atoms with E-state index in [4.69, 9.17) is 4.74 Å². The van der Waals surface area contributed by atoms with Gasteiger partial charge in [0.1, 0.15) is 18.4 Å². The smallest absolute Gasteiger partial charge is 0.233 e. The van der Waals surface area contributed by atoms with Crippen molar-refractivity contribution in [3.05, 3.63) is 30.3 Å². The van der Waals surface area contributed by atoms with Gasteiger partial charge in [0.25, 0.3) is 0 Å². The minimum atomic E-state index is -0.323. The number of nitrogens with zero attached hydrogens (tertiary/aromatic N) is 1. The van der Waals surface area contributed by atoms with Crippen molar-refractivity contribution in [2.45, 2.75) is 77.5 Å². The summed E-state index contributed by atoms with van der Waals surface area (Å²) in [5, 5.41) is 9.82. The first kappa shape index (κ1) is 24.2. The summed E-state index contributed by atoms with van der Waals surface area (Å²) in [6.07, 6.45) is 9.94. The molecule has 0 radical (unpaired) electrons. The van der Waals surface area contributed by atoms with Crippen LogP contribution in [0.4, 0.5) is 0 Å². The van der Waals surface area contributed by atoms with Crippen molar-refractivity contribution in [1.82, 2.24) is 0 Å². The first-order chi connectivity index (χ1) is 11.5. The SMILES string of the molecule is CCCCCCCCCC(Oc1ccccc1)[N+](C)(C)CC(C)O.[Cl-]. The highest BCUT2D eigenvalue weighted by atomic mass is 35.5. The van der Waals surface area contributed by atoms with Gasteiger partial charge in [-0.25, -0.2) is 0 Å². The summed E-state index contributed by atoms with van der Waals surface area (Å²) >= 11 is 0. The van der Waals surface area contributed by atoms with E-state index in [9.17, 15) is 5.11 Å². The highest BCUT2D eigenvalue weighted by molar-refractivity contribution is 5.21. The molecule has 0 fully saturated rings. The van der Waals surface area contributed by atoms with Crippen LogP contribution in [-0.2, 0) is 0 Å². The van der Waals surface area contributed by atoms with Crippen LogP contribution in [0.3, 0.4) is 0 Å². The first-order valence-corrected chi connectivity index (χ1v) is 9.68. The molecule has 2 unspecified atom stereocenters. The number of quaternary nitrogens is 1. The summed E-state index contributed by atoms with van der Waals surface area (Å²) in [7, 11) is 4.31. The molecular formula is C21H38ClNO2. The topological polar surface area (TPSA) is 29.5 Å². The maximum Gasteiger partial charge on any atom is 0.233 e. The summed E-state index contributed by atoms with van der Waals surface area (Å²) in [6, 6.07) is 10.1. The third-order valence-corrected chi connectivity index (χ3v) is 4.58. The molecule has 0 aliphatic heterocycles. The summed E-state index contributed by atoms with van der Waals surface area (Å²) < 4.78 is 6.97. The lowest BCUT2D eigenvalue weighted by Gasteiger charge is -2.38. The van der Waals surface area contributed by atoms with E-state index in [1.165, 1.54) is 44.9 Å². The van der Waals surface area contributed by atoms with Crippen LogP contribution in [0.15, 0.2) is 30.3 Å². The number of unbranched alkanes of at least 4 members (excludes halogenated alkanes) is 6. The van der Waals surface area contributed by atoms with Gasteiger partial charge in [-0.15, -0.1) is 0 Å². The van der Waals surface area contributed by atoms with Crippen molar-refractivity contribution in [2.24, 2.45) is 0 Å². The highest BCUT2D eigenvalue weighted by Crippen LogP contribution is 2.21. The van der Waals surface area contributed by atoms with Gasteiger partial charge in [0.2, 0.25) is 6.23 Å². The van der Waals surface area contributed by atoms with E-state index in [2.05, 4.69) is 21.0 Å². The molecule has 0 spiro atoms. The minimum Gasteiger partial charge on any atom is -1.00 e. The molecule has 1 aromatic carbocycles. The molecule has 3 nitrogen and oxygen atoms in total. The summed E-state index contributed by atoms with van der Waals surface area (Å²) in [5.41, 5.74) is 0. The molecule has 25 heavy (non-hydrogen) atoms. The van der Waals surface area contributed by atoms with E-state index in [0.29, 0.717) is 11.0 Å². The third-order valence-electron chi connectivity index (χ3n) is 4.58. The Bertz CT molecular complexity index is 423. The number of ether oxygens (including phenoxy) is 1. The zero-order valence-corrected chi connectivity index (χ0v) is 17.3. The molecule has 0 aliphatic rings. The highest BCUT2D eigenvalue weighted by Gasteiger charge is 2.31. The molecule has 0 aliphatic carbocycles. The average Bonchev–Trinajstić information content (AvgIpc) is 2.52. The molecule has 0 saturated heterocycles. The van der Waals surface area contributed by atoms with Crippen LogP contribution >= 0.6 is 0 Å². The van der Waals surface area contributed by atoms with Crippen molar-refractivity contribution < 1.29 is 26.7 Å². The van der Waals surface area contributed by atoms with E-state index < -0.39 is 0 Å². The average molecular weight is 372 g/mol. The number of halogens is 1. The van der Waals surface area contributed by atoms with E-state index in [0.717, 1.165) is 12.2 Å². The van der Waals surface area contributed by atoms with Crippen molar-refractivity contribution in [1.29, 1.82) is 0 Å². The molecule has 1 aromatic rings. The Balaban J connectivity index is 0.00000576. The van der Waals surface area contributed by atoms with Crippen LogP contribution in [0.25, 0.3) is 0 Å². The van der Waals surface area contributed by atoms with E-state index >= 15 is 0 Å². The molecule has 146 valence electrons. The Morgan fingerprint density at radius 2 is 1.52 bits per heavy atom. The molecule has 0 heterocycles. The molecule has 4 heteroatoms. The molecule has 0 bridgehead atoms. The van der Waals surface area contributed by atoms with Gasteiger partial charge >= 0.3 is 0 Å². The lowest BCUT2D eigenvalue weighted by molar-refractivity contribution is -0.936. The Kier molecular flexibility index (Phi) is 13.0. The lowest BCUT2D eigenvalue weighted by atomic mass is 10.1. The second kappa shape index (κ2) is 13.4. The fraction of sp³-hybridized carbons (Fsp3) is 0.714. The normalized spacial score (nSPS) is 13.8. The number of para-hydroxylation sites is 1. The molecule has 0 saturated carbocycles. The van der Waals surface area contributed by atoms with Gasteiger partial charge in [-0.2, -0.15) is 0 Å². The van der Waals surface area contributed by atoms with Crippen LogP contribution in [0.2, 0.25) is 0 Å². The predicted octanol–water partition coefficient (Wildman–Crippen LogP) is 1.99. The van der Waals surface area contributed by atoms with Crippen LogP contribution < -0.4 is 17.1 Å². The van der Waals surface area contributed by atoms with Crippen molar-refractivity contribution in [3.8, 4) is 5.75 Å². The van der Waals surface area contributed by atoms with Gasteiger partial charge in [-0.05, 0) is 25.5 Å². The number of benzene rings is 1. The standard InChI is InChI=1S/C21H38NO2.ClH/c1-5-6-7-8-9-10-14-17-21(22(3,4)18-19(2)23)24-20-15-12-11-13-16-20;/h11-13,15-16,19,21,23H,5-10,14,17-18H2,1-4H3;1H/q+1;/p-1. The number of hydrogen-bond donors (Lipinski definition) is 1. The predicted molar refractivity (Wildman–Crippen MR) is 102 cm³/mol. The monoisotopic (exact) mass is 371 g/mol. The largest absolute Gasteiger partial charge is 1.00 e. The summed E-state index contributed by atoms with van der Waals surface area (Å²) in [6.45, 7) is 4.81. The molecule has 0 amide bonds. The molecule has 2 atom stereocenters. The molecule has 1 rings (SSSR count). The maximum atomic E-state index is 9.82. The Hall–Kier alpha value is -0.770. The lowest BCUT2D eigenvalue weighted by Crippen LogP contribution is -3.00. The van der Waals surface area contributed by atoms with Gasteiger partial charge in [-0.3, -0.25) is 4.48 Å². The van der Waals surface area contributed by atoms with Gasteiger partial charge in [0, 0.05) is 6.42 Å². The first-order valence-electron chi connectivity index (χ1n) is 9.68. The van der Waals surface area contributed by atoms with E-state index in [-0.39, 0.29) is 24.7 Å². The Morgan fingerprint density at radius 3 is 2.08 bits per heavy atom. The molecule has 0 aromatic heterocycles. The minimum absolute atomic E-state index is 0. The zero-order valence-electron chi connectivity index (χ0n) is 16.6. The van der Waals surface area contributed by atoms with Crippen LogP contribution in [0.5, 0.6) is 5.75 Å². The Morgan fingerprint density at radius 1 is 0.960 bits per heavy atom. The number of aliphatic hydroxyl groups excluding tert-OH is 1. The maximum absolute atomic E-state index is 9.82. The van der Waals surface area contributed by atoms with Gasteiger partial charge in [0.05, 0.1) is 14.1 Å². The number of likely N-dealkylation sites (N-methyl/N-ethyl adjacent to an activating group) is 1. The fourth-order valence-corrected chi connectivity index (χ4v) is 3.28. The van der Waals surface area contributed by atoms with Crippen LogP contribution in [0.1, 0.15) is 65.2 Å². The quantitative estimate of drug-likeness (QED) is 0.326. The van der Waals surface area contributed by atoms with Crippen molar-refractivity contribution in [3.63, 3.8) is 0 Å². The second-order valence-electron chi connectivity index (χ2n) is 7.61. The van der Waals surface area contributed by atoms with E-state index in [1.54, 1.807) is 0 Å². The number of aliphatic hydroxyl groups is 1. The molecular weight excluding hydrogens is 334 g/mol. The van der Waals surface area contributed by atoms with Crippen LogP contribution in [-0.4, -0.2) is 42.6 Å². The van der Waals surface area contributed by atoms with Gasteiger partial charge in [0.15, 0.2) is 0 Å². The number of hydrogen-bond acceptors (Lipinski definition) is 2. The Labute approximate surface area is 161 Å². The summed E-state index contributed by atoms with van der Waals surface area (Å²) in [4.78, 5) is 0. The van der Waals surface area contributed by atoms with E-state index in [1.807, 2.05) is 37.3 Å². The number of rotatable bonds is 13. The third kappa shape index (κ3) is 10.7. The summed E-state index contributed by atoms with van der Waals surface area (Å²) in [5.74, 6) is 0.919. The van der Waals surface area contributed by atoms with Crippen molar-refractivity contribution >= 4 is 0 Å². The molecule has 1 N–H and O–H groups in total.